The summed E-state index contributed by atoms with van der Waals surface area (Å²) in [4.78, 5) is 24.3. The number of carboxylic acid groups (broad SMARTS) is 1. The SMILES string of the molecule is COc1coc(CN(C(=O)O)C2CCNCC2)cc1=O. The molecule has 0 spiro atoms. The molecule has 1 aromatic rings. The topological polar surface area (TPSA) is 92.0 Å². The van der Waals surface area contributed by atoms with Crippen molar-refractivity contribution in [3.8, 4) is 5.75 Å². The van der Waals surface area contributed by atoms with Crippen LogP contribution in [0.25, 0.3) is 0 Å². The molecule has 2 N–H and O–H groups in total. The molecule has 0 saturated carbocycles. The van der Waals surface area contributed by atoms with E-state index in [1.54, 1.807) is 0 Å². The van der Waals surface area contributed by atoms with Crippen molar-refractivity contribution in [1.82, 2.24) is 10.2 Å². The first-order valence-corrected chi connectivity index (χ1v) is 6.48. The fourth-order valence-electron chi connectivity index (χ4n) is 2.31. The van der Waals surface area contributed by atoms with Crippen molar-refractivity contribution in [3.05, 3.63) is 28.3 Å². The number of carbonyl (C=O) groups is 1. The number of hydrogen-bond donors (Lipinski definition) is 2. The average Bonchev–Trinajstić information content (AvgIpc) is 2.45. The van der Waals surface area contributed by atoms with Gasteiger partial charge in [0.15, 0.2) is 0 Å². The Balaban J connectivity index is 2.13. The quantitative estimate of drug-likeness (QED) is 0.851. The van der Waals surface area contributed by atoms with Gasteiger partial charge in [-0.2, -0.15) is 0 Å². The summed E-state index contributed by atoms with van der Waals surface area (Å²) in [5.41, 5.74) is -0.315. The van der Waals surface area contributed by atoms with Gasteiger partial charge in [0.25, 0.3) is 0 Å². The molecule has 0 unspecified atom stereocenters. The molecule has 1 amide bonds. The Morgan fingerprint density at radius 3 is 2.80 bits per heavy atom. The largest absolute Gasteiger partial charge is 0.490 e. The van der Waals surface area contributed by atoms with E-state index in [1.165, 1.54) is 24.3 Å². The molecule has 1 aliphatic rings. The predicted molar refractivity (Wildman–Crippen MR) is 71.0 cm³/mol. The van der Waals surface area contributed by atoms with Gasteiger partial charge in [0.2, 0.25) is 11.2 Å². The summed E-state index contributed by atoms with van der Waals surface area (Å²) in [6, 6.07) is 1.22. The molecule has 0 atom stereocenters. The molecule has 1 aromatic heterocycles. The third-order valence-electron chi connectivity index (χ3n) is 3.39. The monoisotopic (exact) mass is 282 g/mol. The van der Waals surface area contributed by atoms with E-state index in [9.17, 15) is 14.7 Å². The van der Waals surface area contributed by atoms with Crippen LogP contribution in [0.3, 0.4) is 0 Å². The number of methoxy groups -OCH3 is 1. The van der Waals surface area contributed by atoms with Gasteiger partial charge in [-0.1, -0.05) is 0 Å². The molecule has 0 bridgehead atoms. The molecule has 1 saturated heterocycles. The molecule has 2 heterocycles. The Bertz CT molecular complexity index is 522. The maximum Gasteiger partial charge on any atom is 0.407 e. The molecule has 0 radical (unpaired) electrons. The summed E-state index contributed by atoms with van der Waals surface area (Å²) in [6.07, 6.45) is 1.72. The Hall–Kier alpha value is -2.02. The van der Waals surface area contributed by atoms with Crippen LogP contribution in [0.5, 0.6) is 5.75 Å². The number of hydrogen-bond acceptors (Lipinski definition) is 5. The number of nitrogens with zero attached hydrogens (tertiary/aromatic N) is 1. The summed E-state index contributed by atoms with van der Waals surface area (Å²) < 4.78 is 10.1. The molecule has 7 nitrogen and oxygen atoms in total. The molecule has 0 aromatic carbocycles. The van der Waals surface area contributed by atoms with Gasteiger partial charge in [-0.05, 0) is 25.9 Å². The first kappa shape index (κ1) is 14.4. The Labute approximate surface area is 116 Å². The van der Waals surface area contributed by atoms with Gasteiger partial charge in [0.1, 0.15) is 12.0 Å². The van der Waals surface area contributed by atoms with E-state index in [4.69, 9.17) is 9.15 Å². The maximum atomic E-state index is 11.6. The molecular weight excluding hydrogens is 264 g/mol. The van der Waals surface area contributed by atoms with Gasteiger partial charge in [-0.25, -0.2) is 4.79 Å². The summed E-state index contributed by atoms with van der Waals surface area (Å²) in [7, 11) is 1.38. The summed E-state index contributed by atoms with van der Waals surface area (Å²) in [5, 5.41) is 12.5. The van der Waals surface area contributed by atoms with Crippen LogP contribution in [-0.4, -0.2) is 42.3 Å². The number of amides is 1. The van der Waals surface area contributed by atoms with Crippen molar-refractivity contribution in [2.24, 2.45) is 0 Å². The minimum absolute atomic E-state index is 0.0545. The third-order valence-corrected chi connectivity index (χ3v) is 3.39. The van der Waals surface area contributed by atoms with Gasteiger partial charge in [0.05, 0.1) is 13.7 Å². The van der Waals surface area contributed by atoms with Crippen molar-refractivity contribution >= 4 is 6.09 Å². The number of nitrogens with one attached hydrogen (secondary N) is 1. The highest BCUT2D eigenvalue weighted by Gasteiger charge is 2.25. The third kappa shape index (κ3) is 3.30. The normalized spacial score (nSPS) is 15.8. The molecule has 1 aliphatic heterocycles. The van der Waals surface area contributed by atoms with Crippen molar-refractivity contribution in [1.29, 1.82) is 0 Å². The summed E-state index contributed by atoms with van der Waals surface area (Å²) in [5.74, 6) is 0.425. The molecule has 110 valence electrons. The molecule has 2 rings (SSSR count). The van der Waals surface area contributed by atoms with Crippen LogP contribution in [0.15, 0.2) is 21.5 Å². The Kier molecular flexibility index (Phi) is 4.62. The molecule has 20 heavy (non-hydrogen) atoms. The van der Waals surface area contributed by atoms with Crippen LogP contribution in [0.2, 0.25) is 0 Å². The summed E-state index contributed by atoms with van der Waals surface area (Å²) >= 11 is 0. The van der Waals surface area contributed by atoms with Crippen molar-refractivity contribution in [2.45, 2.75) is 25.4 Å². The van der Waals surface area contributed by atoms with E-state index in [0.717, 1.165) is 25.9 Å². The van der Waals surface area contributed by atoms with E-state index < -0.39 is 6.09 Å². The number of rotatable bonds is 4. The van der Waals surface area contributed by atoms with Crippen LogP contribution in [0.4, 0.5) is 4.79 Å². The Morgan fingerprint density at radius 1 is 1.55 bits per heavy atom. The van der Waals surface area contributed by atoms with E-state index >= 15 is 0 Å². The molecular formula is C13H18N2O5. The lowest BCUT2D eigenvalue weighted by Gasteiger charge is -2.32. The van der Waals surface area contributed by atoms with Crippen molar-refractivity contribution in [2.75, 3.05) is 20.2 Å². The second-order valence-electron chi connectivity index (χ2n) is 4.67. The fourth-order valence-corrected chi connectivity index (χ4v) is 2.31. The van der Waals surface area contributed by atoms with Crippen LogP contribution < -0.4 is 15.5 Å². The maximum absolute atomic E-state index is 11.6. The van der Waals surface area contributed by atoms with E-state index in [0.29, 0.717) is 5.76 Å². The van der Waals surface area contributed by atoms with Gasteiger partial charge in [0, 0.05) is 12.1 Å². The van der Waals surface area contributed by atoms with Gasteiger partial charge in [-0.3, -0.25) is 9.69 Å². The standard InChI is InChI=1S/C13H18N2O5/c1-19-12-8-20-10(6-11(12)16)7-15(13(17)18)9-2-4-14-5-3-9/h6,8-9,14H,2-5,7H2,1H3,(H,17,18). The van der Waals surface area contributed by atoms with E-state index in [2.05, 4.69) is 5.32 Å². The van der Waals surface area contributed by atoms with Gasteiger partial charge >= 0.3 is 6.09 Å². The lowest BCUT2D eigenvalue weighted by Crippen LogP contribution is -2.45. The second-order valence-corrected chi connectivity index (χ2v) is 4.67. The number of ether oxygens (including phenoxy) is 1. The smallest absolute Gasteiger partial charge is 0.407 e. The molecule has 1 fully saturated rings. The molecule has 7 heteroatoms. The minimum Gasteiger partial charge on any atom is -0.490 e. The van der Waals surface area contributed by atoms with Gasteiger partial charge in [-0.15, -0.1) is 0 Å². The average molecular weight is 282 g/mol. The Morgan fingerprint density at radius 2 is 2.25 bits per heavy atom. The zero-order valence-electron chi connectivity index (χ0n) is 11.3. The zero-order valence-corrected chi connectivity index (χ0v) is 11.3. The van der Waals surface area contributed by atoms with Gasteiger partial charge < -0.3 is 19.6 Å². The zero-order chi connectivity index (χ0) is 14.5. The number of piperidine rings is 1. The van der Waals surface area contributed by atoms with Crippen LogP contribution >= 0.6 is 0 Å². The van der Waals surface area contributed by atoms with Crippen molar-refractivity contribution < 1.29 is 19.1 Å². The highest BCUT2D eigenvalue weighted by Crippen LogP contribution is 2.16. The lowest BCUT2D eigenvalue weighted by atomic mass is 10.1. The molecule has 0 aliphatic carbocycles. The van der Waals surface area contributed by atoms with E-state index in [1.807, 2.05) is 0 Å². The van der Waals surface area contributed by atoms with Crippen LogP contribution in [-0.2, 0) is 6.54 Å². The lowest BCUT2D eigenvalue weighted by molar-refractivity contribution is 0.104. The predicted octanol–water partition coefficient (Wildman–Crippen LogP) is 0.880. The van der Waals surface area contributed by atoms with Crippen molar-refractivity contribution in [3.63, 3.8) is 0 Å². The second kappa shape index (κ2) is 6.42. The van der Waals surface area contributed by atoms with Crippen LogP contribution in [0.1, 0.15) is 18.6 Å². The minimum atomic E-state index is -1.00. The summed E-state index contributed by atoms with van der Waals surface area (Å²) in [6.45, 7) is 1.65. The first-order valence-electron chi connectivity index (χ1n) is 6.48. The fraction of sp³-hybridized carbons (Fsp3) is 0.538. The van der Waals surface area contributed by atoms with E-state index in [-0.39, 0.29) is 23.8 Å². The first-order chi connectivity index (χ1) is 9.61. The highest BCUT2D eigenvalue weighted by atomic mass is 16.5. The highest BCUT2D eigenvalue weighted by molar-refractivity contribution is 5.65. The van der Waals surface area contributed by atoms with Crippen LogP contribution in [0, 0.1) is 0 Å².